The van der Waals surface area contributed by atoms with Crippen LogP contribution in [0.3, 0.4) is 0 Å². The second kappa shape index (κ2) is 4.34. The Hall–Kier alpha value is -1.20. The van der Waals surface area contributed by atoms with Crippen LogP contribution in [-0.2, 0) is 0 Å². The number of nitrogens with two attached hydrogens (primary N) is 1. The predicted molar refractivity (Wildman–Crippen MR) is 46.7 cm³/mol. The second-order valence-electron chi connectivity index (χ2n) is 2.91. The molecule has 1 atom stereocenters. The highest BCUT2D eigenvalue weighted by atomic mass is 19.1. The standard InChI is InChI=1S/C9H11F2NO2/c10-5-1-2-6(11)9(14)8(5)7(12)3-4-13/h1-2,7,13-14H,3-4,12H2. The summed E-state index contributed by atoms with van der Waals surface area (Å²) in [6, 6.07) is 0.803. The van der Waals surface area contributed by atoms with Crippen LogP contribution >= 0.6 is 0 Å². The van der Waals surface area contributed by atoms with Crippen molar-refractivity contribution in [2.45, 2.75) is 12.5 Å². The molecular formula is C9H11F2NO2. The molecule has 0 aliphatic heterocycles. The smallest absolute Gasteiger partial charge is 0.165 e. The monoisotopic (exact) mass is 203 g/mol. The van der Waals surface area contributed by atoms with Gasteiger partial charge in [-0.25, -0.2) is 8.78 Å². The molecule has 0 heterocycles. The number of aliphatic hydroxyl groups is 1. The number of rotatable bonds is 3. The van der Waals surface area contributed by atoms with Crippen molar-refractivity contribution in [2.75, 3.05) is 6.61 Å². The summed E-state index contributed by atoms with van der Waals surface area (Å²) in [5.41, 5.74) is 5.16. The Morgan fingerprint density at radius 3 is 2.43 bits per heavy atom. The summed E-state index contributed by atoms with van der Waals surface area (Å²) in [7, 11) is 0. The zero-order chi connectivity index (χ0) is 10.7. The Kier molecular flexibility index (Phi) is 3.38. The first kappa shape index (κ1) is 10.9. The van der Waals surface area contributed by atoms with Crippen LogP contribution in [0.2, 0.25) is 0 Å². The average Bonchev–Trinajstić information content (AvgIpc) is 2.13. The zero-order valence-corrected chi connectivity index (χ0v) is 7.37. The lowest BCUT2D eigenvalue weighted by molar-refractivity contribution is 0.273. The fraction of sp³-hybridized carbons (Fsp3) is 0.333. The van der Waals surface area contributed by atoms with Crippen molar-refractivity contribution in [1.29, 1.82) is 0 Å². The van der Waals surface area contributed by atoms with Crippen LogP contribution in [0, 0.1) is 11.6 Å². The molecule has 0 bridgehead atoms. The van der Waals surface area contributed by atoms with Gasteiger partial charge in [0.05, 0.1) is 0 Å². The maximum Gasteiger partial charge on any atom is 0.165 e. The fourth-order valence-corrected chi connectivity index (χ4v) is 1.19. The number of hydrogen-bond donors (Lipinski definition) is 3. The van der Waals surface area contributed by atoms with Crippen LogP contribution in [0.4, 0.5) is 8.78 Å². The van der Waals surface area contributed by atoms with Crippen LogP contribution in [0.1, 0.15) is 18.0 Å². The lowest BCUT2D eigenvalue weighted by Crippen LogP contribution is -2.14. The third-order valence-electron chi connectivity index (χ3n) is 1.93. The molecular weight excluding hydrogens is 192 g/mol. The minimum absolute atomic E-state index is 0.0634. The number of phenolic OH excluding ortho intramolecular Hbond substituents is 1. The molecule has 0 saturated heterocycles. The first-order valence-electron chi connectivity index (χ1n) is 4.11. The topological polar surface area (TPSA) is 66.5 Å². The van der Waals surface area contributed by atoms with Gasteiger partial charge in [-0.3, -0.25) is 0 Å². The Bertz CT molecular complexity index is 331. The number of aromatic hydroxyl groups is 1. The van der Waals surface area contributed by atoms with Crippen LogP contribution in [0.25, 0.3) is 0 Å². The summed E-state index contributed by atoms with van der Waals surface area (Å²) in [5, 5.41) is 17.8. The van der Waals surface area contributed by atoms with Gasteiger partial charge in [0, 0.05) is 18.2 Å². The first-order chi connectivity index (χ1) is 6.57. The van der Waals surface area contributed by atoms with E-state index in [1.807, 2.05) is 0 Å². The van der Waals surface area contributed by atoms with Gasteiger partial charge in [-0.1, -0.05) is 0 Å². The zero-order valence-electron chi connectivity index (χ0n) is 7.37. The van der Waals surface area contributed by atoms with Crippen molar-refractivity contribution in [2.24, 2.45) is 5.73 Å². The van der Waals surface area contributed by atoms with Gasteiger partial charge in [0.1, 0.15) is 5.82 Å². The summed E-state index contributed by atoms with van der Waals surface area (Å²) in [5.74, 6) is -2.48. The highest BCUT2D eigenvalue weighted by molar-refractivity contribution is 5.37. The summed E-state index contributed by atoms with van der Waals surface area (Å²) >= 11 is 0. The fourth-order valence-electron chi connectivity index (χ4n) is 1.19. The van der Waals surface area contributed by atoms with Crippen LogP contribution in [0.15, 0.2) is 12.1 Å². The highest BCUT2D eigenvalue weighted by Gasteiger charge is 2.18. The van der Waals surface area contributed by atoms with E-state index < -0.39 is 23.4 Å². The number of benzene rings is 1. The summed E-state index contributed by atoms with van der Waals surface area (Å²) in [6.07, 6.45) is 0.0634. The van der Waals surface area contributed by atoms with Crippen molar-refractivity contribution in [3.05, 3.63) is 29.3 Å². The first-order valence-corrected chi connectivity index (χ1v) is 4.11. The molecule has 78 valence electrons. The second-order valence-corrected chi connectivity index (χ2v) is 2.91. The maximum atomic E-state index is 13.1. The van der Waals surface area contributed by atoms with Gasteiger partial charge in [0.15, 0.2) is 11.6 Å². The Morgan fingerprint density at radius 2 is 1.86 bits per heavy atom. The molecule has 0 amide bonds. The van der Waals surface area contributed by atoms with E-state index in [2.05, 4.69) is 0 Å². The SMILES string of the molecule is NC(CCO)c1c(F)ccc(F)c1O. The normalized spacial score (nSPS) is 12.9. The largest absolute Gasteiger partial charge is 0.505 e. The van der Waals surface area contributed by atoms with Gasteiger partial charge in [0.25, 0.3) is 0 Å². The Morgan fingerprint density at radius 1 is 1.29 bits per heavy atom. The van der Waals surface area contributed by atoms with E-state index in [0.29, 0.717) is 0 Å². The van der Waals surface area contributed by atoms with E-state index in [1.54, 1.807) is 0 Å². The third kappa shape index (κ3) is 2.00. The van der Waals surface area contributed by atoms with Crippen molar-refractivity contribution in [3.63, 3.8) is 0 Å². The number of aliphatic hydroxyl groups excluding tert-OH is 1. The van der Waals surface area contributed by atoms with Gasteiger partial charge in [-0.2, -0.15) is 0 Å². The van der Waals surface area contributed by atoms with Gasteiger partial charge < -0.3 is 15.9 Å². The molecule has 0 spiro atoms. The number of hydrogen-bond acceptors (Lipinski definition) is 3. The van der Waals surface area contributed by atoms with E-state index in [9.17, 15) is 13.9 Å². The Balaban J connectivity index is 3.11. The van der Waals surface area contributed by atoms with Gasteiger partial charge in [-0.15, -0.1) is 0 Å². The molecule has 0 aromatic heterocycles. The lowest BCUT2D eigenvalue weighted by atomic mass is 10.0. The lowest BCUT2D eigenvalue weighted by Gasteiger charge is -2.13. The van der Waals surface area contributed by atoms with Crippen LogP contribution < -0.4 is 5.73 Å². The van der Waals surface area contributed by atoms with Gasteiger partial charge >= 0.3 is 0 Å². The summed E-state index contributed by atoms with van der Waals surface area (Å²) in [4.78, 5) is 0. The minimum Gasteiger partial charge on any atom is -0.505 e. The summed E-state index contributed by atoms with van der Waals surface area (Å²) in [6.45, 7) is -0.253. The molecule has 0 aliphatic rings. The predicted octanol–water partition coefficient (Wildman–Crippen LogP) is 1.05. The van der Waals surface area contributed by atoms with Crippen molar-refractivity contribution >= 4 is 0 Å². The van der Waals surface area contributed by atoms with E-state index in [-0.39, 0.29) is 18.6 Å². The van der Waals surface area contributed by atoms with E-state index in [0.717, 1.165) is 12.1 Å². The van der Waals surface area contributed by atoms with E-state index in [1.165, 1.54) is 0 Å². The molecule has 0 fully saturated rings. The maximum absolute atomic E-state index is 13.1. The molecule has 0 aliphatic carbocycles. The molecule has 0 saturated carbocycles. The molecule has 0 radical (unpaired) electrons. The van der Waals surface area contributed by atoms with Crippen molar-refractivity contribution < 1.29 is 19.0 Å². The molecule has 14 heavy (non-hydrogen) atoms. The quantitative estimate of drug-likeness (QED) is 0.688. The minimum atomic E-state index is -0.921. The van der Waals surface area contributed by atoms with E-state index >= 15 is 0 Å². The third-order valence-corrected chi connectivity index (χ3v) is 1.93. The average molecular weight is 203 g/mol. The van der Waals surface area contributed by atoms with Crippen LogP contribution in [0.5, 0.6) is 5.75 Å². The molecule has 1 rings (SSSR count). The molecule has 4 N–H and O–H groups in total. The molecule has 1 aromatic rings. The van der Waals surface area contributed by atoms with Crippen LogP contribution in [-0.4, -0.2) is 16.8 Å². The van der Waals surface area contributed by atoms with E-state index in [4.69, 9.17) is 10.8 Å². The Labute approximate surface area is 79.8 Å². The van der Waals surface area contributed by atoms with Crippen molar-refractivity contribution in [1.82, 2.24) is 0 Å². The molecule has 5 heteroatoms. The number of halogens is 2. The van der Waals surface area contributed by atoms with Gasteiger partial charge in [0.2, 0.25) is 0 Å². The van der Waals surface area contributed by atoms with Crippen molar-refractivity contribution in [3.8, 4) is 5.75 Å². The summed E-state index contributed by atoms with van der Waals surface area (Å²) < 4.78 is 25.9. The molecule has 3 nitrogen and oxygen atoms in total. The molecule has 1 aromatic carbocycles. The van der Waals surface area contributed by atoms with Gasteiger partial charge in [-0.05, 0) is 18.6 Å². The number of phenols is 1. The molecule has 1 unspecified atom stereocenters. The highest BCUT2D eigenvalue weighted by Crippen LogP contribution is 2.29.